The first-order valence-electron chi connectivity index (χ1n) is 5.54. The van der Waals surface area contributed by atoms with Crippen LogP contribution in [0, 0.1) is 0 Å². The summed E-state index contributed by atoms with van der Waals surface area (Å²) < 4.78 is 43.6. The van der Waals surface area contributed by atoms with Crippen molar-refractivity contribution in [2.75, 3.05) is 12.4 Å². The molecular weight excluding hydrogens is 334 g/mol. The van der Waals surface area contributed by atoms with Crippen LogP contribution in [0.4, 0.5) is 18.9 Å². The van der Waals surface area contributed by atoms with Gasteiger partial charge in [0.15, 0.2) is 0 Å². The molecule has 1 heterocycles. The van der Waals surface area contributed by atoms with Crippen molar-refractivity contribution in [2.24, 2.45) is 0 Å². The summed E-state index contributed by atoms with van der Waals surface area (Å²) in [6.45, 7) is 0. The second-order valence-corrected chi connectivity index (χ2v) is 4.95. The topological polar surface area (TPSA) is 58.6 Å². The zero-order valence-corrected chi connectivity index (χ0v) is 11.9. The van der Waals surface area contributed by atoms with Gasteiger partial charge in [-0.1, -0.05) is 23.2 Å². The summed E-state index contributed by atoms with van der Waals surface area (Å²) in [7, 11) is 1.49. The molecule has 1 aromatic rings. The fourth-order valence-electron chi connectivity index (χ4n) is 1.92. The van der Waals surface area contributed by atoms with Crippen molar-refractivity contribution < 1.29 is 27.8 Å². The highest BCUT2D eigenvalue weighted by molar-refractivity contribution is 6.40. The number of ether oxygens (including phenoxy) is 1. The maximum Gasteiger partial charge on any atom is 0.430 e. The first kappa shape index (κ1) is 15.8. The van der Waals surface area contributed by atoms with E-state index in [9.17, 15) is 18.0 Å². The van der Waals surface area contributed by atoms with E-state index in [2.05, 4.69) is 5.32 Å². The van der Waals surface area contributed by atoms with E-state index in [0.29, 0.717) is 0 Å². The van der Waals surface area contributed by atoms with Gasteiger partial charge in [0, 0.05) is 12.6 Å². The van der Waals surface area contributed by atoms with Crippen LogP contribution in [-0.4, -0.2) is 30.4 Å². The van der Waals surface area contributed by atoms with E-state index in [1.807, 2.05) is 0 Å². The van der Waals surface area contributed by atoms with Crippen molar-refractivity contribution in [2.45, 2.75) is 12.3 Å². The molecule has 4 nitrogen and oxygen atoms in total. The third-order valence-electron chi connectivity index (χ3n) is 2.83. The second-order valence-electron chi connectivity index (χ2n) is 4.16. The van der Waals surface area contributed by atoms with E-state index in [1.165, 1.54) is 13.1 Å². The Bertz CT molecular complexity index is 644. The standard InChI is InChI=1S/C12H8Cl2F3NO3/c1-18-8-6(13)3-4-2-5(11(19)20)10(12(15,16)17)21-9(4)7(8)14/h2-3,10,18H,1H3,(H,19,20). The van der Waals surface area contributed by atoms with Gasteiger partial charge in [0.1, 0.15) is 10.8 Å². The highest BCUT2D eigenvalue weighted by atomic mass is 35.5. The van der Waals surface area contributed by atoms with E-state index in [1.54, 1.807) is 0 Å². The van der Waals surface area contributed by atoms with Crippen molar-refractivity contribution in [3.63, 3.8) is 0 Å². The Morgan fingerprint density at radius 3 is 2.52 bits per heavy atom. The molecule has 1 unspecified atom stereocenters. The summed E-state index contributed by atoms with van der Waals surface area (Å²) in [6, 6.07) is 1.28. The Morgan fingerprint density at radius 1 is 1.43 bits per heavy atom. The van der Waals surface area contributed by atoms with Crippen LogP contribution in [0.5, 0.6) is 5.75 Å². The number of halogens is 5. The minimum absolute atomic E-state index is 0.0712. The first-order valence-corrected chi connectivity index (χ1v) is 6.30. The number of nitrogens with one attached hydrogen (secondary N) is 1. The van der Waals surface area contributed by atoms with Gasteiger partial charge in [-0.2, -0.15) is 13.2 Å². The summed E-state index contributed by atoms with van der Waals surface area (Å²) in [5, 5.41) is 11.5. The third kappa shape index (κ3) is 2.75. The van der Waals surface area contributed by atoms with E-state index in [0.717, 1.165) is 6.08 Å². The molecule has 2 N–H and O–H groups in total. The van der Waals surface area contributed by atoms with Crippen molar-refractivity contribution in [1.82, 2.24) is 0 Å². The first-order chi connectivity index (χ1) is 9.66. The second kappa shape index (κ2) is 5.31. The average Bonchev–Trinajstić information content (AvgIpc) is 2.36. The van der Waals surface area contributed by atoms with Crippen LogP contribution in [-0.2, 0) is 4.79 Å². The lowest BCUT2D eigenvalue weighted by molar-refractivity contribution is -0.187. The largest absolute Gasteiger partial charge is 0.478 e. The number of carboxylic acid groups (broad SMARTS) is 1. The number of benzene rings is 1. The van der Waals surface area contributed by atoms with E-state index in [4.69, 9.17) is 33.0 Å². The molecule has 1 atom stereocenters. The molecule has 0 saturated carbocycles. The van der Waals surface area contributed by atoms with Gasteiger partial charge in [0.2, 0.25) is 6.10 Å². The number of fused-ring (bicyclic) bond motifs is 1. The Kier molecular flexibility index (Phi) is 3.99. The van der Waals surface area contributed by atoms with Crippen molar-refractivity contribution in [3.05, 3.63) is 27.2 Å². The number of carboxylic acids is 1. The lowest BCUT2D eigenvalue weighted by atomic mass is 10.0. The van der Waals surface area contributed by atoms with Gasteiger partial charge in [-0.15, -0.1) is 0 Å². The van der Waals surface area contributed by atoms with Crippen molar-refractivity contribution in [3.8, 4) is 5.75 Å². The van der Waals surface area contributed by atoms with Crippen LogP contribution in [0.15, 0.2) is 11.6 Å². The molecule has 0 amide bonds. The van der Waals surface area contributed by atoms with Crippen LogP contribution >= 0.6 is 23.2 Å². The molecule has 0 fully saturated rings. The number of hydrogen-bond acceptors (Lipinski definition) is 3. The zero-order valence-electron chi connectivity index (χ0n) is 10.4. The average molecular weight is 342 g/mol. The molecule has 0 saturated heterocycles. The van der Waals surface area contributed by atoms with Crippen molar-refractivity contribution >= 4 is 40.9 Å². The highest BCUT2D eigenvalue weighted by Crippen LogP contribution is 2.46. The lowest BCUT2D eigenvalue weighted by Crippen LogP contribution is -2.40. The highest BCUT2D eigenvalue weighted by Gasteiger charge is 2.49. The maximum absolute atomic E-state index is 12.9. The fourth-order valence-corrected chi connectivity index (χ4v) is 2.62. The predicted octanol–water partition coefficient (Wildman–Crippen LogP) is 3.83. The van der Waals surface area contributed by atoms with E-state index >= 15 is 0 Å². The number of alkyl halides is 3. The van der Waals surface area contributed by atoms with E-state index in [-0.39, 0.29) is 27.0 Å². The Balaban J connectivity index is 2.66. The number of hydrogen-bond donors (Lipinski definition) is 2. The minimum Gasteiger partial charge on any atom is -0.478 e. The summed E-state index contributed by atoms with van der Waals surface area (Å²) in [5.74, 6) is -1.99. The number of rotatable bonds is 2. The molecule has 21 heavy (non-hydrogen) atoms. The van der Waals surface area contributed by atoms with Gasteiger partial charge in [-0.25, -0.2) is 4.79 Å². The molecule has 0 radical (unpaired) electrons. The molecule has 1 aliphatic rings. The molecular formula is C12H8Cl2F3NO3. The van der Waals surface area contributed by atoms with Gasteiger partial charge in [0.25, 0.3) is 0 Å². The van der Waals surface area contributed by atoms with Crippen LogP contribution in [0.2, 0.25) is 10.0 Å². The van der Waals surface area contributed by atoms with Crippen LogP contribution in [0.25, 0.3) is 6.08 Å². The Labute approximate surface area is 127 Å². The third-order valence-corrected chi connectivity index (χ3v) is 3.48. The Morgan fingerprint density at radius 2 is 2.05 bits per heavy atom. The smallest absolute Gasteiger partial charge is 0.430 e. The SMILES string of the molecule is CNc1c(Cl)cc2c(c1Cl)OC(C(F)(F)F)C(C(=O)O)=C2. The van der Waals surface area contributed by atoms with Gasteiger partial charge in [0.05, 0.1) is 16.3 Å². The summed E-state index contributed by atoms with van der Waals surface area (Å²) in [5.41, 5.74) is -0.661. The molecule has 0 aliphatic carbocycles. The summed E-state index contributed by atoms with van der Waals surface area (Å²) in [6.07, 6.45) is -6.62. The summed E-state index contributed by atoms with van der Waals surface area (Å²) >= 11 is 11.9. The van der Waals surface area contributed by atoms with Gasteiger partial charge in [-0.3, -0.25) is 0 Å². The monoisotopic (exact) mass is 341 g/mol. The summed E-state index contributed by atoms with van der Waals surface area (Å²) in [4.78, 5) is 11.0. The fraction of sp³-hybridized carbons (Fsp3) is 0.250. The molecule has 0 aromatic heterocycles. The van der Waals surface area contributed by atoms with Crippen LogP contribution in [0.3, 0.4) is 0 Å². The minimum atomic E-state index is -4.88. The van der Waals surface area contributed by atoms with Crippen LogP contribution < -0.4 is 10.1 Å². The molecule has 0 spiro atoms. The zero-order chi connectivity index (χ0) is 15.9. The number of carbonyl (C=O) groups is 1. The quantitative estimate of drug-likeness (QED) is 0.858. The molecule has 2 rings (SSSR count). The molecule has 1 aliphatic heterocycles. The molecule has 114 valence electrons. The van der Waals surface area contributed by atoms with Gasteiger partial charge in [-0.05, 0) is 12.1 Å². The molecule has 9 heteroatoms. The van der Waals surface area contributed by atoms with Gasteiger partial charge >= 0.3 is 12.1 Å². The lowest BCUT2D eigenvalue weighted by Gasteiger charge is -2.28. The Hall–Kier alpha value is -1.60. The predicted molar refractivity (Wildman–Crippen MR) is 72.1 cm³/mol. The number of anilines is 1. The van der Waals surface area contributed by atoms with Gasteiger partial charge < -0.3 is 15.2 Å². The van der Waals surface area contributed by atoms with Crippen LogP contribution in [0.1, 0.15) is 5.56 Å². The van der Waals surface area contributed by atoms with Crippen molar-refractivity contribution in [1.29, 1.82) is 0 Å². The number of aliphatic carboxylic acids is 1. The normalized spacial score (nSPS) is 17.6. The maximum atomic E-state index is 12.9. The van der Waals surface area contributed by atoms with E-state index < -0.39 is 23.8 Å². The molecule has 0 bridgehead atoms. The molecule has 1 aromatic carbocycles.